The number of thioether (sulfide) groups is 2. The highest BCUT2D eigenvalue weighted by atomic mass is 32.2. The topological polar surface area (TPSA) is 20.2 Å². The standard InChI is InChI=1S/C14H13FOS2/c15-11-4-6-13(7-5-11)17-8-9-18-14-3-1-2-12(16)10-14/h1-7,10,16H,8-9H2. The summed E-state index contributed by atoms with van der Waals surface area (Å²) >= 11 is 3.40. The minimum atomic E-state index is -0.200. The van der Waals surface area contributed by atoms with Crippen LogP contribution in [-0.2, 0) is 0 Å². The van der Waals surface area contributed by atoms with Gasteiger partial charge in [0.1, 0.15) is 11.6 Å². The summed E-state index contributed by atoms with van der Waals surface area (Å²) in [4.78, 5) is 2.14. The van der Waals surface area contributed by atoms with Crippen LogP contribution in [0.2, 0.25) is 0 Å². The van der Waals surface area contributed by atoms with Crippen LogP contribution in [0, 0.1) is 5.82 Å². The number of hydrogen-bond acceptors (Lipinski definition) is 3. The van der Waals surface area contributed by atoms with Crippen molar-refractivity contribution in [2.75, 3.05) is 11.5 Å². The second-order valence-corrected chi connectivity index (χ2v) is 5.98. The van der Waals surface area contributed by atoms with Crippen LogP contribution in [0.3, 0.4) is 0 Å². The van der Waals surface area contributed by atoms with Crippen LogP contribution in [0.15, 0.2) is 58.3 Å². The van der Waals surface area contributed by atoms with Crippen molar-refractivity contribution in [1.29, 1.82) is 0 Å². The van der Waals surface area contributed by atoms with Crippen molar-refractivity contribution in [3.8, 4) is 5.75 Å². The Balaban J connectivity index is 1.74. The summed E-state index contributed by atoms with van der Waals surface area (Å²) in [7, 11) is 0. The monoisotopic (exact) mass is 280 g/mol. The summed E-state index contributed by atoms with van der Waals surface area (Å²) in [6, 6.07) is 13.8. The smallest absolute Gasteiger partial charge is 0.123 e. The number of rotatable bonds is 5. The molecule has 0 aliphatic heterocycles. The zero-order valence-corrected chi connectivity index (χ0v) is 11.3. The molecule has 2 aromatic carbocycles. The third kappa shape index (κ3) is 4.27. The highest BCUT2D eigenvalue weighted by molar-refractivity contribution is 8.03. The van der Waals surface area contributed by atoms with Gasteiger partial charge in [-0.2, -0.15) is 0 Å². The van der Waals surface area contributed by atoms with Crippen LogP contribution in [0.4, 0.5) is 4.39 Å². The van der Waals surface area contributed by atoms with Gasteiger partial charge in [-0.05, 0) is 42.5 Å². The highest BCUT2D eigenvalue weighted by Crippen LogP contribution is 2.25. The van der Waals surface area contributed by atoms with Gasteiger partial charge in [-0.15, -0.1) is 23.5 Å². The molecule has 1 N–H and O–H groups in total. The zero-order chi connectivity index (χ0) is 12.8. The second-order valence-electron chi connectivity index (χ2n) is 3.65. The van der Waals surface area contributed by atoms with E-state index in [1.165, 1.54) is 12.1 Å². The summed E-state index contributed by atoms with van der Waals surface area (Å²) in [6.45, 7) is 0. The van der Waals surface area contributed by atoms with E-state index in [2.05, 4.69) is 0 Å². The fourth-order valence-corrected chi connectivity index (χ4v) is 3.27. The lowest BCUT2D eigenvalue weighted by molar-refractivity contribution is 0.474. The summed E-state index contributed by atoms with van der Waals surface area (Å²) in [6.07, 6.45) is 0. The highest BCUT2D eigenvalue weighted by Gasteiger charge is 1.98. The average Bonchev–Trinajstić information content (AvgIpc) is 2.37. The Bertz CT molecular complexity index is 499. The largest absolute Gasteiger partial charge is 0.508 e. The molecule has 0 aromatic heterocycles. The van der Waals surface area contributed by atoms with Crippen LogP contribution in [-0.4, -0.2) is 16.6 Å². The molecule has 0 amide bonds. The van der Waals surface area contributed by atoms with E-state index in [-0.39, 0.29) is 5.82 Å². The number of phenolic OH excluding ortho intramolecular Hbond substituents is 1. The molecule has 1 nitrogen and oxygen atoms in total. The summed E-state index contributed by atoms with van der Waals surface area (Å²) in [5.74, 6) is 2.00. The van der Waals surface area contributed by atoms with E-state index in [4.69, 9.17) is 0 Å². The van der Waals surface area contributed by atoms with Gasteiger partial charge in [-0.1, -0.05) is 6.07 Å². The summed E-state index contributed by atoms with van der Waals surface area (Å²) in [5, 5.41) is 9.32. The Morgan fingerprint density at radius 2 is 1.56 bits per heavy atom. The second kappa shape index (κ2) is 6.71. The number of benzene rings is 2. The first kappa shape index (κ1) is 13.3. The van der Waals surface area contributed by atoms with Crippen LogP contribution >= 0.6 is 23.5 Å². The van der Waals surface area contributed by atoms with E-state index < -0.39 is 0 Å². The molecular formula is C14H13FOS2. The van der Waals surface area contributed by atoms with E-state index in [0.29, 0.717) is 5.75 Å². The third-order valence-corrected chi connectivity index (χ3v) is 4.52. The Morgan fingerprint density at radius 3 is 2.22 bits per heavy atom. The molecular weight excluding hydrogens is 267 g/mol. The lowest BCUT2D eigenvalue weighted by Crippen LogP contribution is -1.84. The summed E-state index contributed by atoms with van der Waals surface area (Å²) < 4.78 is 12.7. The molecule has 2 rings (SSSR count). The third-order valence-electron chi connectivity index (χ3n) is 2.25. The number of aromatic hydroxyl groups is 1. The van der Waals surface area contributed by atoms with Gasteiger partial charge in [0.2, 0.25) is 0 Å². The van der Waals surface area contributed by atoms with E-state index in [9.17, 15) is 9.50 Å². The molecule has 0 spiro atoms. The Labute approximate surface area is 114 Å². The minimum Gasteiger partial charge on any atom is -0.508 e. The van der Waals surface area contributed by atoms with Crippen LogP contribution in [0.5, 0.6) is 5.75 Å². The fourth-order valence-electron chi connectivity index (χ4n) is 1.42. The van der Waals surface area contributed by atoms with Crippen LogP contribution < -0.4 is 0 Å². The Morgan fingerprint density at radius 1 is 0.889 bits per heavy atom. The van der Waals surface area contributed by atoms with Gasteiger partial charge in [0.25, 0.3) is 0 Å². The molecule has 4 heteroatoms. The molecule has 0 aliphatic rings. The molecule has 0 bridgehead atoms. The molecule has 0 saturated heterocycles. The first-order valence-electron chi connectivity index (χ1n) is 5.54. The maximum atomic E-state index is 12.7. The number of hydrogen-bond donors (Lipinski definition) is 1. The van der Waals surface area contributed by atoms with Crippen molar-refractivity contribution in [2.45, 2.75) is 9.79 Å². The van der Waals surface area contributed by atoms with Gasteiger partial charge >= 0.3 is 0 Å². The minimum absolute atomic E-state index is 0.200. The van der Waals surface area contributed by atoms with Gasteiger partial charge in [0.05, 0.1) is 0 Å². The van der Waals surface area contributed by atoms with Crippen molar-refractivity contribution in [3.63, 3.8) is 0 Å². The van der Waals surface area contributed by atoms with Crippen molar-refractivity contribution < 1.29 is 9.50 Å². The predicted octanol–water partition coefficient (Wildman–Crippen LogP) is 4.42. The van der Waals surface area contributed by atoms with Crippen molar-refractivity contribution in [2.24, 2.45) is 0 Å². The maximum absolute atomic E-state index is 12.7. The van der Waals surface area contributed by atoms with Gasteiger partial charge in [-0.25, -0.2) is 4.39 Å². The molecule has 0 saturated carbocycles. The number of halogens is 1. The summed E-state index contributed by atoms with van der Waals surface area (Å²) in [5.41, 5.74) is 0. The lowest BCUT2D eigenvalue weighted by atomic mass is 10.3. The van der Waals surface area contributed by atoms with Crippen LogP contribution in [0.1, 0.15) is 0 Å². The van der Waals surface area contributed by atoms with Gasteiger partial charge in [0.15, 0.2) is 0 Å². The molecule has 0 fully saturated rings. The van der Waals surface area contributed by atoms with E-state index in [1.807, 2.05) is 12.1 Å². The van der Waals surface area contributed by atoms with E-state index >= 15 is 0 Å². The van der Waals surface area contributed by atoms with Gasteiger partial charge < -0.3 is 5.11 Å². The lowest BCUT2D eigenvalue weighted by Gasteiger charge is -2.03. The van der Waals surface area contributed by atoms with Crippen LogP contribution in [0.25, 0.3) is 0 Å². The quantitative estimate of drug-likeness (QED) is 0.647. The van der Waals surface area contributed by atoms with Crippen molar-refractivity contribution in [3.05, 3.63) is 54.3 Å². The average molecular weight is 280 g/mol. The normalized spacial score (nSPS) is 10.5. The van der Waals surface area contributed by atoms with Gasteiger partial charge in [-0.3, -0.25) is 0 Å². The molecule has 18 heavy (non-hydrogen) atoms. The molecule has 0 radical (unpaired) electrons. The van der Waals surface area contributed by atoms with Gasteiger partial charge in [0, 0.05) is 21.3 Å². The van der Waals surface area contributed by atoms with Crippen molar-refractivity contribution >= 4 is 23.5 Å². The fraction of sp³-hybridized carbons (Fsp3) is 0.143. The predicted molar refractivity (Wildman–Crippen MR) is 76.0 cm³/mol. The van der Waals surface area contributed by atoms with E-state index in [1.54, 1.807) is 47.8 Å². The Kier molecular flexibility index (Phi) is 4.96. The number of phenols is 1. The maximum Gasteiger partial charge on any atom is 0.123 e. The molecule has 0 aliphatic carbocycles. The molecule has 0 atom stereocenters. The first-order chi connectivity index (χ1) is 8.74. The molecule has 0 heterocycles. The zero-order valence-electron chi connectivity index (χ0n) is 9.67. The SMILES string of the molecule is Oc1cccc(SCCSc2ccc(F)cc2)c1. The molecule has 2 aromatic rings. The first-order valence-corrected chi connectivity index (χ1v) is 7.51. The molecule has 94 valence electrons. The Hall–Kier alpha value is -1.13. The van der Waals surface area contributed by atoms with Crippen molar-refractivity contribution in [1.82, 2.24) is 0 Å². The molecule has 0 unspecified atom stereocenters. The van der Waals surface area contributed by atoms with E-state index in [0.717, 1.165) is 21.3 Å².